The highest BCUT2D eigenvalue weighted by Crippen LogP contribution is 2.43. The molecule has 2 rings (SSSR count). The predicted octanol–water partition coefficient (Wildman–Crippen LogP) is 5.67. The van der Waals surface area contributed by atoms with E-state index in [0.29, 0.717) is 12.0 Å². The van der Waals surface area contributed by atoms with Gasteiger partial charge in [-0.25, -0.2) is 0 Å². The summed E-state index contributed by atoms with van der Waals surface area (Å²) in [6, 6.07) is 6.80. The third-order valence-electron chi connectivity index (χ3n) is 5.62. The second-order valence-corrected chi connectivity index (χ2v) is 9.27. The van der Waals surface area contributed by atoms with Gasteiger partial charge in [-0.05, 0) is 12.0 Å². The molecule has 1 aliphatic carbocycles. The molecular weight excluding hydrogens is 360 g/mol. The number of fused-ring (bicyclic) bond motifs is 1. The van der Waals surface area contributed by atoms with Crippen LogP contribution in [0, 0.1) is 5.92 Å². The van der Waals surface area contributed by atoms with Crippen LogP contribution in [0.15, 0.2) is 30.3 Å². The summed E-state index contributed by atoms with van der Waals surface area (Å²) in [5, 5.41) is 11.0. The normalized spacial score (nSPS) is 22.0. The van der Waals surface area contributed by atoms with Crippen LogP contribution in [-0.2, 0) is 15.1 Å². The van der Waals surface area contributed by atoms with Crippen molar-refractivity contribution in [1.82, 2.24) is 0 Å². The van der Waals surface area contributed by atoms with Crippen LogP contribution in [0.4, 0.5) is 0 Å². The Morgan fingerprint density at radius 2 is 1.48 bits per heavy atom. The van der Waals surface area contributed by atoms with Gasteiger partial charge in [0.1, 0.15) is 0 Å². The van der Waals surface area contributed by atoms with E-state index in [0.717, 1.165) is 19.3 Å². The van der Waals surface area contributed by atoms with Crippen molar-refractivity contribution in [3.8, 4) is 0 Å². The van der Waals surface area contributed by atoms with Crippen LogP contribution in [0.1, 0.15) is 88.7 Å². The summed E-state index contributed by atoms with van der Waals surface area (Å²) < 4.78 is 33.8. The van der Waals surface area contributed by atoms with Crippen molar-refractivity contribution in [2.45, 2.75) is 82.5 Å². The van der Waals surface area contributed by atoms with Crippen LogP contribution in [0.3, 0.4) is 0 Å². The molecule has 0 amide bonds. The topological polar surface area (TPSA) is 74.6 Å². The summed E-state index contributed by atoms with van der Waals surface area (Å²) in [5.74, 6) is -0.628. The maximum absolute atomic E-state index is 12.0. The van der Waals surface area contributed by atoms with Crippen molar-refractivity contribution >= 4 is 16.2 Å². The highest BCUT2D eigenvalue weighted by Gasteiger charge is 2.50. The molecule has 1 aromatic rings. The third kappa shape index (κ3) is 5.66. The van der Waals surface area contributed by atoms with Gasteiger partial charge in [0, 0.05) is 11.5 Å². The monoisotopic (exact) mass is 394 g/mol. The first-order chi connectivity index (χ1) is 12.9. The summed E-state index contributed by atoms with van der Waals surface area (Å²) in [6.45, 7) is 2.23. The molecule has 0 saturated carbocycles. The Hall–Kier alpha value is -1.17. The molecule has 5 heteroatoms. The van der Waals surface area contributed by atoms with E-state index < -0.39 is 21.0 Å². The summed E-state index contributed by atoms with van der Waals surface area (Å²) in [4.78, 5) is -2.25. The Labute approximate surface area is 164 Å². The average Bonchev–Trinajstić information content (AvgIpc) is 2.64. The molecule has 1 aliphatic rings. The van der Waals surface area contributed by atoms with E-state index in [2.05, 4.69) is 6.92 Å². The molecule has 0 heterocycles. The molecule has 152 valence electrons. The Morgan fingerprint density at radius 3 is 2.07 bits per heavy atom. The largest absolute Gasteiger partial charge is 0.369 e. The lowest BCUT2D eigenvalue weighted by molar-refractivity contribution is 0.0626. The van der Waals surface area contributed by atoms with Crippen LogP contribution in [0.2, 0.25) is 0 Å². The summed E-state index contributed by atoms with van der Waals surface area (Å²) >= 11 is 0. The van der Waals surface area contributed by atoms with Gasteiger partial charge in [0.2, 0.25) is 4.93 Å². The minimum Gasteiger partial charge on any atom is -0.369 e. The number of benzene rings is 1. The molecule has 0 fully saturated rings. The smallest absolute Gasteiger partial charge is 0.300 e. The highest BCUT2D eigenvalue weighted by atomic mass is 32.2. The van der Waals surface area contributed by atoms with E-state index in [4.69, 9.17) is 0 Å². The van der Waals surface area contributed by atoms with Gasteiger partial charge in [-0.1, -0.05) is 108 Å². The fourth-order valence-electron chi connectivity index (χ4n) is 3.99. The van der Waals surface area contributed by atoms with Gasteiger partial charge in [0.25, 0.3) is 10.1 Å². The Kier molecular flexibility index (Phi) is 8.52. The van der Waals surface area contributed by atoms with Gasteiger partial charge in [0.05, 0.1) is 0 Å². The van der Waals surface area contributed by atoms with Crippen LogP contribution >= 0.6 is 0 Å². The maximum atomic E-state index is 12.0. The SMILES string of the molecule is CCCCCCCCCCCCC1C=Cc2ccccc2C1(O)S(=O)(=O)O. The number of aliphatic hydroxyl groups is 1. The van der Waals surface area contributed by atoms with E-state index in [9.17, 15) is 18.1 Å². The Morgan fingerprint density at radius 1 is 0.926 bits per heavy atom. The minimum atomic E-state index is -4.65. The van der Waals surface area contributed by atoms with Crippen molar-refractivity contribution in [2.75, 3.05) is 0 Å². The van der Waals surface area contributed by atoms with E-state index in [1.165, 1.54) is 44.9 Å². The zero-order chi connectivity index (χ0) is 19.8. The van der Waals surface area contributed by atoms with Crippen LogP contribution < -0.4 is 0 Å². The first kappa shape index (κ1) is 22.1. The van der Waals surface area contributed by atoms with E-state index >= 15 is 0 Å². The van der Waals surface area contributed by atoms with Crippen molar-refractivity contribution in [3.05, 3.63) is 41.5 Å². The van der Waals surface area contributed by atoms with Crippen LogP contribution in [0.25, 0.3) is 6.08 Å². The molecule has 0 aliphatic heterocycles. The Balaban J connectivity index is 1.82. The highest BCUT2D eigenvalue weighted by molar-refractivity contribution is 7.86. The van der Waals surface area contributed by atoms with Crippen LogP contribution in [-0.4, -0.2) is 18.1 Å². The Bertz CT molecular complexity index is 711. The van der Waals surface area contributed by atoms with Crippen molar-refractivity contribution in [2.24, 2.45) is 5.92 Å². The molecule has 2 N–H and O–H groups in total. The van der Waals surface area contributed by atoms with E-state index in [-0.39, 0.29) is 5.56 Å². The molecular formula is C22H34O4S. The number of hydrogen-bond donors (Lipinski definition) is 2. The third-order valence-corrected chi connectivity index (χ3v) is 6.93. The molecule has 0 spiro atoms. The summed E-state index contributed by atoms with van der Waals surface area (Å²) in [7, 11) is -4.65. The summed E-state index contributed by atoms with van der Waals surface area (Å²) in [6.07, 6.45) is 16.1. The number of hydrogen-bond acceptors (Lipinski definition) is 3. The fourth-order valence-corrected chi connectivity index (χ4v) is 5.04. The molecule has 0 saturated heterocycles. The van der Waals surface area contributed by atoms with Gasteiger partial charge in [0.15, 0.2) is 0 Å². The lowest BCUT2D eigenvalue weighted by Crippen LogP contribution is -2.43. The number of rotatable bonds is 12. The predicted molar refractivity (Wildman–Crippen MR) is 111 cm³/mol. The fraction of sp³-hybridized carbons (Fsp3) is 0.636. The zero-order valence-corrected chi connectivity index (χ0v) is 17.3. The standard InChI is InChI=1S/C22H34O4S/c1-2-3-4-5-6-7-8-9-10-11-15-20-18-17-19-14-12-13-16-21(19)22(20,23)27(24,25)26/h12-14,16-18,20,23H,2-11,15H2,1H3,(H,24,25,26). The average molecular weight is 395 g/mol. The maximum Gasteiger partial charge on any atom is 0.300 e. The van der Waals surface area contributed by atoms with E-state index in [1.807, 2.05) is 6.08 Å². The van der Waals surface area contributed by atoms with Gasteiger partial charge < -0.3 is 5.11 Å². The first-order valence-corrected chi connectivity index (χ1v) is 11.8. The van der Waals surface area contributed by atoms with E-state index in [1.54, 1.807) is 30.3 Å². The molecule has 4 nitrogen and oxygen atoms in total. The van der Waals surface area contributed by atoms with Gasteiger partial charge in [-0.3, -0.25) is 4.55 Å². The van der Waals surface area contributed by atoms with Gasteiger partial charge in [-0.2, -0.15) is 8.42 Å². The van der Waals surface area contributed by atoms with Crippen molar-refractivity contribution in [3.63, 3.8) is 0 Å². The lowest BCUT2D eigenvalue weighted by atomic mass is 9.83. The van der Waals surface area contributed by atoms with Crippen molar-refractivity contribution in [1.29, 1.82) is 0 Å². The molecule has 2 atom stereocenters. The molecule has 0 aromatic heterocycles. The second-order valence-electron chi connectivity index (χ2n) is 7.70. The molecule has 2 unspecified atom stereocenters. The minimum absolute atomic E-state index is 0.270. The molecule has 0 bridgehead atoms. The lowest BCUT2D eigenvalue weighted by Gasteiger charge is -2.35. The van der Waals surface area contributed by atoms with Gasteiger partial charge >= 0.3 is 0 Å². The molecule has 1 aromatic carbocycles. The quantitative estimate of drug-likeness (QED) is 0.354. The van der Waals surface area contributed by atoms with Gasteiger partial charge in [-0.15, -0.1) is 0 Å². The second kappa shape index (κ2) is 10.4. The molecule has 0 radical (unpaired) electrons. The number of unbranched alkanes of at least 4 members (excludes halogenated alkanes) is 9. The zero-order valence-electron chi connectivity index (χ0n) is 16.4. The van der Waals surface area contributed by atoms with Crippen LogP contribution in [0.5, 0.6) is 0 Å². The molecule has 27 heavy (non-hydrogen) atoms. The first-order valence-electron chi connectivity index (χ1n) is 10.4. The van der Waals surface area contributed by atoms with Crippen molar-refractivity contribution < 1.29 is 18.1 Å². The summed E-state index contributed by atoms with van der Waals surface area (Å²) in [5.41, 5.74) is 0.907.